The summed E-state index contributed by atoms with van der Waals surface area (Å²) in [5.74, 6) is 2.19. The summed E-state index contributed by atoms with van der Waals surface area (Å²) < 4.78 is 2.44. The summed E-state index contributed by atoms with van der Waals surface area (Å²) in [6.45, 7) is 0. The Bertz CT molecular complexity index is 3940. The summed E-state index contributed by atoms with van der Waals surface area (Å²) in [5.41, 5.74) is 12.4. The van der Waals surface area contributed by atoms with Crippen molar-refractivity contribution >= 4 is 65.5 Å². The number of nitrogens with zero attached hydrogens (tertiary/aromatic N) is 5. The second kappa shape index (κ2) is 15.3. The first kappa shape index (κ1) is 38.3. The van der Waals surface area contributed by atoms with Gasteiger partial charge in [0.1, 0.15) is 0 Å². The molecular weight excluding hydrogens is 827 g/mol. The van der Waals surface area contributed by atoms with Gasteiger partial charge in [-0.3, -0.25) is 0 Å². The van der Waals surface area contributed by atoms with E-state index >= 15 is 0 Å². The maximum Gasteiger partial charge on any atom is 0.164 e. The molecule has 0 radical (unpaired) electrons. The fourth-order valence-electron chi connectivity index (χ4n) is 11.0. The predicted octanol–water partition coefficient (Wildman–Crippen LogP) is 15.8. The molecule has 2 unspecified atom stereocenters. The summed E-state index contributed by atoms with van der Waals surface area (Å²) in [6.07, 6.45) is 9.05. The Morgan fingerprint density at radius 3 is 1.47 bits per heavy atom. The van der Waals surface area contributed by atoms with Crippen LogP contribution < -0.4 is 4.90 Å². The Balaban J connectivity index is 0.859. The smallest absolute Gasteiger partial charge is 0.164 e. The molecular formula is C63H41N5. The monoisotopic (exact) mass is 867 g/mol. The second-order valence-corrected chi connectivity index (χ2v) is 17.9. The summed E-state index contributed by atoms with van der Waals surface area (Å²) in [6, 6.07) is 76.7. The van der Waals surface area contributed by atoms with Gasteiger partial charge in [-0.1, -0.05) is 176 Å². The molecule has 0 spiro atoms. The van der Waals surface area contributed by atoms with Crippen LogP contribution in [0.1, 0.15) is 11.5 Å². The third-order valence-corrected chi connectivity index (χ3v) is 14.1. The van der Waals surface area contributed by atoms with Gasteiger partial charge in [0, 0.05) is 50.4 Å². The summed E-state index contributed by atoms with van der Waals surface area (Å²) in [4.78, 5) is 17.4. The van der Waals surface area contributed by atoms with Crippen molar-refractivity contribution in [3.05, 3.63) is 242 Å². The lowest BCUT2D eigenvalue weighted by Crippen LogP contribution is -2.28. The third kappa shape index (κ3) is 6.06. The molecule has 5 heteroatoms. The molecule has 10 aromatic carbocycles. The van der Waals surface area contributed by atoms with Crippen LogP contribution in [0.25, 0.3) is 105 Å². The average Bonchev–Trinajstić information content (AvgIpc) is 3.93. The molecule has 0 fully saturated rings. The molecule has 14 rings (SSSR count). The van der Waals surface area contributed by atoms with E-state index < -0.39 is 0 Å². The van der Waals surface area contributed by atoms with Crippen LogP contribution in [0, 0.1) is 0 Å². The average molecular weight is 868 g/mol. The van der Waals surface area contributed by atoms with Crippen LogP contribution in [0.5, 0.6) is 0 Å². The highest BCUT2D eigenvalue weighted by atomic mass is 15.2. The van der Waals surface area contributed by atoms with Crippen molar-refractivity contribution in [2.24, 2.45) is 0 Å². The Kier molecular flexibility index (Phi) is 8.65. The maximum atomic E-state index is 5.01. The number of aromatic nitrogens is 4. The van der Waals surface area contributed by atoms with Gasteiger partial charge in [0.2, 0.25) is 0 Å². The number of hydrogen-bond acceptors (Lipinski definition) is 4. The minimum absolute atomic E-state index is 0.153. The number of hydrogen-bond donors (Lipinski definition) is 0. The molecule has 2 atom stereocenters. The fourth-order valence-corrected chi connectivity index (χ4v) is 11.0. The zero-order valence-electron chi connectivity index (χ0n) is 36.9. The van der Waals surface area contributed by atoms with E-state index in [9.17, 15) is 0 Å². The van der Waals surface area contributed by atoms with Gasteiger partial charge in [-0.05, 0) is 110 Å². The van der Waals surface area contributed by atoms with Crippen LogP contribution in [0.2, 0.25) is 0 Å². The van der Waals surface area contributed by atoms with Crippen LogP contribution in [0.4, 0.5) is 11.4 Å². The largest absolute Gasteiger partial charge is 0.333 e. The lowest BCUT2D eigenvalue weighted by Gasteiger charge is -2.29. The van der Waals surface area contributed by atoms with Crippen LogP contribution >= 0.6 is 0 Å². The van der Waals surface area contributed by atoms with Crippen LogP contribution in [-0.4, -0.2) is 25.6 Å². The van der Waals surface area contributed by atoms with Gasteiger partial charge in [0.15, 0.2) is 17.5 Å². The number of allylic oxidation sites excluding steroid dienone is 2. The molecule has 0 bridgehead atoms. The first-order chi connectivity index (χ1) is 33.7. The van der Waals surface area contributed by atoms with Gasteiger partial charge in [0.25, 0.3) is 0 Å². The molecule has 0 saturated heterocycles. The topological polar surface area (TPSA) is 46.8 Å². The van der Waals surface area contributed by atoms with E-state index in [0.29, 0.717) is 17.5 Å². The first-order valence-corrected chi connectivity index (χ1v) is 23.3. The summed E-state index contributed by atoms with van der Waals surface area (Å²) in [7, 11) is 0. The van der Waals surface area contributed by atoms with Crippen LogP contribution in [0.15, 0.2) is 237 Å². The molecule has 12 aromatic rings. The van der Waals surface area contributed by atoms with Crippen molar-refractivity contribution < 1.29 is 0 Å². The zero-order chi connectivity index (χ0) is 44.7. The third-order valence-electron chi connectivity index (χ3n) is 14.1. The SMILES string of the molecule is C1=CC2c3ccc(-c4ccc5c(c4)c4ccccc4n5-c4ccc5c6ccccc6c6ccccc6c5c4)cc3N(c3ccc(-c4nc(-c5ccccc5)nc(-c5ccccc5)n4)cc3)C2C=C1. The molecule has 3 heterocycles. The number of para-hydroxylation sites is 1. The molecule has 1 aliphatic heterocycles. The first-order valence-electron chi connectivity index (χ1n) is 23.3. The van der Waals surface area contributed by atoms with E-state index in [1.54, 1.807) is 0 Å². The van der Waals surface area contributed by atoms with E-state index in [1.165, 1.54) is 76.5 Å². The van der Waals surface area contributed by atoms with Gasteiger partial charge >= 0.3 is 0 Å². The van der Waals surface area contributed by atoms with Crippen molar-refractivity contribution in [2.75, 3.05) is 4.90 Å². The quantitative estimate of drug-likeness (QED) is 0.156. The second-order valence-electron chi connectivity index (χ2n) is 17.9. The van der Waals surface area contributed by atoms with Crippen molar-refractivity contribution in [3.8, 4) is 51.0 Å². The molecule has 5 nitrogen and oxygen atoms in total. The maximum absolute atomic E-state index is 5.01. The van der Waals surface area contributed by atoms with Crippen molar-refractivity contribution in [2.45, 2.75) is 12.0 Å². The van der Waals surface area contributed by atoms with E-state index in [4.69, 9.17) is 15.0 Å². The lowest BCUT2D eigenvalue weighted by molar-refractivity contribution is 0.745. The normalized spacial score (nSPS) is 15.2. The summed E-state index contributed by atoms with van der Waals surface area (Å²) in [5, 5.41) is 10.1. The molecule has 318 valence electrons. The molecule has 0 N–H and O–H groups in total. The minimum atomic E-state index is 0.153. The Hall–Kier alpha value is -8.93. The fraction of sp³-hybridized carbons (Fsp3) is 0.0317. The Morgan fingerprint density at radius 1 is 0.324 bits per heavy atom. The highest BCUT2D eigenvalue weighted by Gasteiger charge is 2.37. The number of fused-ring (bicyclic) bond motifs is 12. The minimum Gasteiger partial charge on any atom is -0.333 e. The van der Waals surface area contributed by atoms with Crippen LogP contribution in [-0.2, 0) is 0 Å². The standard InChI is InChI=1S/C63H41N5/c1-3-15-40(16-4-1)61-64-62(41-17-5-2-6-18-41)66-63(65-61)42-27-31-45(32-28-42)67-57-25-13-11-23-52(57)54-34-29-44(38-60(54)67)43-30-36-59-56(37-43)53-24-12-14-26-58(53)68(59)46-33-35-51-49-21-8-7-19-47(49)48-20-9-10-22-50(48)55(51)39-46/h1-39,52,57H. The number of benzene rings is 10. The van der Waals surface area contributed by atoms with E-state index in [0.717, 1.165) is 28.1 Å². The molecule has 1 aliphatic carbocycles. The molecule has 2 aromatic heterocycles. The number of anilines is 2. The van der Waals surface area contributed by atoms with E-state index in [-0.39, 0.29) is 12.0 Å². The predicted molar refractivity (Wildman–Crippen MR) is 282 cm³/mol. The van der Waals surface area contributed by atoms with Gasteiger partial charge in [-0.25, -0.2) is 15.0 Å². The Morgan fingerprint density at radius 2 is 0.809 bits per heavy atom. The van der Waals surface area contributed by atoms with Gasteiger partial charge in [-0.15, -0.1) is 0 Å². The zero-order valence-corrected chi connectivity index (χ0v) is 36.9. The van der Waals surface area contributed by atoms with Gasteiger partial charge in [-0.2, -0.15) is 0 Å². The van der Waals surface area contributed by atoms with E-state index in [2.05, 4.69) is 185 Å². The molecule has 2 aliphatic rings. The van der Waals surface area contributed by atoms with Gasteiger partial charge < -0.3 is 9.47 Å². The molecule has 0 saturated carbocycles. The highest BCUT2D eigenvalue weighted by Crippen LogP contribution is 2.49. The number of rotatable bonds is 6. The summed E-state index contributed by atoms with van der Waals surface area (Å²) >= 11 is 0. The van der Waals surface area contributed by atoms with Crippen molar-refractivity contribution in [1.29, 1.82) is 0 Å². The lowest BCUT2D eigenvalue weighted by atomic mass is 9.90. The Labute approximate surface area is 393 Å². The van der Waals surface area contributed by atoms with Crippen LogP contribution in [0.3, 0.4) is 0 Å². The van der Waals surface area contributed by atoms with E-state index in [1.807, 2.05) is 60.7 Å². The van der Waals surface area contributed by atoms with Gasteiger partial charge in [0.05, 0.1) is 17.1 Å². The highest BCUT2D eigenvalue weighted by molar-refractivity contribution is 6.25. The molecule has 68 heavy (non-hydrogen) atoms. The van der Waals surface area contributed by atoms with Crippen molar-refractivity contribution in [3.63, 3.8) is 0 Å². The van der Waals surface area contributed by atoms with Crippen molar-refractivity contribution in [1.82, 2.24) is 19.5 Å². The molecule has 0 amide bonds.